The van der Waals surface area contributed by atoms with Gasteiger partial charge in [0.25, 0.3) is 11.7 Å². The number of hydrogen-bond donors (Lipinski definition) is 1. The number of ketones is 1. The van der Waals surface area contributed by atoms with Gasteiger partial charge < -0.3 is 24.2 Å². The lowest BCUT2D eigenvalue weighted by atomic mass is 9.85. The first kappa shape index (κ1) is 27.8. The van der Waals surface area contributed by atoms with Gasteiger partial charge in [0.1, 0.15) is 11.5 Å². The summed E-state index contributed by atoms with van der Waals surface area (Å²) in [5.41, 5.74) is 3.00. The molecule has 1 atom stereocenters. The van der Waals surface area contributed by atoms with Gasteiger partial charge in [-0.1, -0.05) is 57.2 Å². The topological polar surface area (TPSA) is 85.3 Å². The van der Waals surface area contributed by atoms with Gasteiger partial charge in [-0.15, -0.1) is 0 Å². The molecule has 0 aliphatic carbocycles. The second-order valence-electron chi connectivity index (χ2n) is 10.4. The van der Waals surface area contributed by atoms with Crippen molar-refractivity contribution in [2.45, 2.75) is 45.7 Å². The highest BCUT2D eigenvalue weighted by Gasteiger charge is 2.46. The normalized spacial score (nSPS) is 16.9. The van der Waals surface area contributed by atoms with Crippen LogP contribution >= 0.6 is 0 Å². The van der Waals surface area contributed by atoms with Crippen LogP contribution in [0.3, 0.4) is 0 Å². The third-order valence-electron chi connectivity index (χ3n) is 6.88. The summed E-state index contributed by atoms with van der Waals surface area (Å²) in [5, 5.41) is 11.5. The highest BCUT2D eigenvalue weighted by molar-refractivity contribution is 6.46. The van der Waals surface area contributed by atoms with E-state index in [1.54, 1.807) is 18.2 Å². The van der Waals surface area contributed by atoms with Gasteiger partial charge in [0.2, 0.25) is 0 Å². The van der Waals surface area contributed by atoms with Crippen molar-refractivity contribution < 1.29 is 28.9 Å². The predicted octanol–water partition coefficient (Wildman–Crippen LogP) is 6.02. The largest absolute Gasteiger partial charge is 0.507 e. The highest BCUT2D eigenvalue weighted by Crippen LogP contribution is 2.42. The number of carbonyl (C=O) groups is 2. The number of aliphatic hydroxyl groups excluding tert-OH is 1. The van der Waals surface area contributed by atoms with Crippen LogP contribution in [-0.2, 0) is 21.5 Å². The summed E-state index contributed by atoms with van der Waals surface area (Å²) in [6.45, 7) is 9.02. The van der Waals surface area contributed by atoms with Crippen molar-refractivity contribution in [3.63, 3.8) is 0 Å². The SMILES string of the molecule is CCOc1ccc(CN2C(=O)C(=O)/C(=C(\O)c3ccc(OC)c(OC)c3)C2c2ccc(C(C)(C)C)cc2)cc1. The molecule has 3 aromatic carbocycles. The number of rotatable bonds is 8. The van der Waals surface area contributed by atoms with E-state index in [-0.39, 0.29) is 23.3 Å². The standard InChI is InChI=1S/C32H35NO6/c1-7-39-24-15-8-20(9-16-24)19-33-28(21-10-13-23(14-11-21)32(2,3)4)27(30(35)31(33)36)29(34)22-12-17-25(37-5)26(18-22)38-6/h8-18,28,34H,7,19H2,1-6H3/b29-27-. The Morgan fingerprint density at radius 2 is 1.54 bits per heavy atom. The van der Waals surface area contributed by atoms with E-state index in [4.69, 9.17) is 14.2 Å². The molecule has 1 fully saturated rings. The molecule has 3 aromatic rings. The fraction of sp³-hybridized carbons (Fsp3) is 0.312. The van der Waals surface area contributed by atoms with Crippen molar-refractivity contribution in [3.05, 3.63) is 94.6 Å². The molecule has 1 unspecified atom stereocenters. The van der Waals surface area contributed by atoms with E-state index in [2.05, 4.69) is 20.8 Å². The van der Waals surface area contributed by atoms with Crippen LogP contribution in [0.1, 0.15) is 56.0 Å². The minimum Gasteiger partial charge on any atom is -0.507 e. The summed E-state index contributed by atoms with van der Waals surface area (Å²) in [5.74, 6) is -0.0658. The number of Topliss-reactive ketones (excluding diaryl/α,β-unsaturated/α-hetero) is 1. The van der Waals surface area contributed by atoms with Gasteiger partial charge in [-0.25, -0.2) is 0 Å². The highest BCUT2D eigenvalue weighted by atomic mass is 16.5. The molecule has 1 heterocycles. The van der Waals surface area contributed by atoms with E-state index in [9.17, 15) is 14.7 Å². The molecule has 204 valence electrons. The van der Waals surface area contributed by atoms with Gasteiger partial charge in [-0.3, -0.25) is 9.59 Å². The van der Waals surface area contributed by atoms with Crippen LogP contribution in [-0.4, -0.2) is 42.5 Å². The van der Waals surface area contributed by atoms with Crippen molar-refractivity contribution in [2.24, 2.45) is 0 Å². The molecule has 0 spiro atoms. The maximum Gasteiger partial charge on any atom is 0.295 e. The zero-order valence-electron chi connectivity index (χ0n) is 23.3. The Hall–Kier alpha value is -4.26. The fourth-order valence-corrected chi connectivity index (χ4v) is 4.75. The number of carbonyl (C=O) groups excluding carboxylic acids is 2. The lowest BCUT2D eigenvalue weighted by Gasteiger charge is -2.27. The Labute approximate surface area is 229 Å². The molecule has 0 bridgehead atoms. The monoisotopic (exact) mass is 529 g/mol. The Balaban J connectivity index is 1.83. The quantitative estimate of drug-likeness (QED) is 0.218. The number of amides is 1. The van der Waals surface area contributed by atoms with Gasteiger partial charge in [0, 0.05) is 12.1 Å². The molecule has 1 saturated heterocycles. The predicted molar refractivity (Wildman–Crippen MR) is 150 cm³/mol. The average Bonchev–Trinajstić information content (AvgIpc) is 3.18. The van der Waals surface area contributed by atoms with Crippen molar-refractivity contribution in [1.82, 2.24) is 4.90 Å². The Morgan fingerprint density at radius 1 is 0.897 bits per heavy atom. The van der Waals surface area contributed by atoms with Crippen molar-refractivity contribution in [1.29, 1.82) is 0 Å². The molecule has 7 heteroatoms. The van der Waals surface area contributed by atoms with E-state index in [1.807, 2.05) is 55.5 Å². The van der Waals surface area contributed by atoms with Crippen molar-refractivity contribution in [2.75, 3.05) is 20.8 Å². The van der Waals surface area contributed by atoms with Crippen LogP contribution in [0.4, 0.5) is 0 Å². The van der Waals surface area contributed by atoms with E-state index >= 15 is 0 Å². The summed E-state index contributed by atoms with van der Waals surface area (Å²) in [4.78, 5) is 28.4. The first-order valence-corrected chi connectivity index (χ1v) is 12.9. The van der Waals surface area contributed by atoms with Crippen LogP contribution in [0.2, 0.25) is 0 Å². The number of methoxy groups -OCH3 is 2. The smallest absolute Gasteiger partial charge is 0.295 e. The molecule has 4 rings (SSSR count). The molecule has 1 aliphatic rings. The fourth-order valence-electron chi connectivity index (χ4n) is 4.75. The van der Waals surface area contributed by atoms with Crippen LogP contribution in [0.15, 0.2) is 72.3 Å². The molecule has 0 aromatic heterocycles. The summed E-state index contributed by atoms with van der Waals surface area (Å²) in [6.07, 6.45) is 0. The molecule has 0 saturated carbocycles. The summed E-state index contributed by atoms with van der Waals surface area (Å²) >= 11 is 0. The number of ether oxygens (including phenoxy) is 3. The Bertz CT molecular complexity index is 1380. The third-order valence-corrected chi connectivity index (χ3v) is 6.88. The van der Waals surface area contributed by atoms with Gasteiger partial charge in [-0.05, 0) is 59.4 Å². The minimum atomic E-state index is -0.779. The first-order chi connectivity index (χ1) is 18.6. The van der Waals surface area contributed by atoms with Gasteiger partial charge in [-0.2, -0.15) is 0 Å². The van der Waals surface area contributed by atoms with Crippen LogP contribution in [0.25, 0.3) is 5.76 Å². The zero-order chi connectivity index (χ0) is 28.3. The molecule has 0 radical (unpaired) electrons. The van der Waals surface area contributed by atoms with Gasteiger partial charge >= 0.3 is 0 Å². The number of hydrogen-bond acceptors (Lipinski definition) is 6. The van der Waals surface area contributed by atoms with E-state index in [1.165, 1.54) is 19.1 Å². The Morgan fingerprint density at radius 3 is 2.10 bits per heavy atom. The molecule has 1 aliphatic heterocycles. The molecular formula is C32H35NO6. The van der Waals surface area contributed by atoms with E-state index in [0.717, 1.165) is 22.4 Å². The van der Waals surface area contributed by atoms with Crippen LogP contribution < -0.4 is 14.2 Å². The first-order valence-electron chi connectivity index (χ1n) is 12.9. The van der Waals surface area contributed by atoms with Crippen LogP contribution in [0, 0.1) is 0 Å². The Kier molecular flexibility index (Phi) is 8.00. The lowest BCUT2D eigenvalue weighted by molar-refractivity contribution is -0.140. The number of benzene rings is 3. The second kappa shape index (κ2) is 11.2. The summed E-state index contributed by atoms with van der Waals surface area (Å²) in [6, 6.07) is 19.4. The summed E-state index contributed by atoms with van der Waals surface area (Å²) < 4.78 is 16.2. The minimum absolute atomic E-state index is 0.0293. The maximum atomic E-state index is 13.5. The average molecular weight is 530 g/mol. The zero-order valence-corrected chi connectivity index (χ0v) is 23.3. The van der Waals surface area contributed by atoms with E-state index < -0.39 is 17.7 Å². The molecule has 39 heavy (non-hydrogen) atoms. The molecule has 1 amide bonds. The second-order valence-corrected chi connectivity index (χ2v) is 10.4. The molecule has 7 nitrogen and oxygen atoms in total. The summed E-state index contributed by atoms with van der Waals surface area (Å²) in [7, 11) is 3.01. The third kappa shape index (κ3) is 5.62. The number of nitrogens with zero attached hydrogens (tertiary/aromatic N) is 1. The van der Waals surface area contributed by atoms with E-state index in [0.29, 0.717) is 23.7 Å². The van der Waals surface area contributed by atoms with Crippen molar-refractivity contribution in [3.8, 4) is 17.2 Å². The number of likely N-dealkylation sites (tertiary alicyclic amines) is 1. The van der Waals surface area contributed by atoms with Gasteiger partial charge in [0.15, 0.2) is 11.5 Å². The maximum absolute atomic E-state index is 13.5. The number of aliphatic hydroxyl groups is 1. The van der Waals surface area contributed by atoms with Crippen molar-refractivity contribution >= 4 is 17.4 Å². The van der Waals surface area contributed by atoms with Crippen LogP contribution in [0.5, 0.6) is 17.2 Å². The lowest BCUT2D eigenvalue weighted by Crippen LogP contribution is -2.29. The molecule has 1 N–H and O–H groups in total. The van der Waals surface area contributed by atoms with Gasteiger partial charge in [0.05, 0.1) is 32.4 Å². The molecular weight excluding hydrogens is 494 g/mol.